The summed E-state index contributed by atoms with van der Waals surface area (Å²) in [4.78, 5) is 3.00. The smallest absolute Gasteiger partial charge is 0.253 e. The van der Waals surface area contributed by atoms with Gasteiger partial charge in [-0.15, -0.1) is 0 Å². The molecule has 0 amide bonds. The highest BCUT2D eigenvalue weighted by Crippen LogP contribution is 2.40. The SMILES string of the molecule is FC(F)c1ncc(C(F)(F)F)c(Cl)c1Br. The van der Waals surface area contributed by atoms with Crippen molar-refractivity contribution in [1.29, 1.82) is 0 Å². The molecule has 0 aromatic carbocycles. The molecule has 0 aliphatic heterocycles. The van der Waals surface area contributed by atoms with Gasteiger partial charge in [0.25, 0.3) is 6.43 Å². The fraction of sp³-hybridized carbons (Fsp3) is 0.286. The van der Waals surface area contributed by atoms with Gasteiger partial charge in [0, 0.05) is 6.20 Å². The summed E-state index contributed by atoms with van der Waals surface area (Å²) in [6.45, 7) is 0. The zero-order valence-corrected chi connectivity index (χ0v) is 9.09. The van der Waals surface area contributed by atoms with Gasteiger partial charge in [-0.1, -0.05) is 11.6 Å². The van der Waals surface area contributed by atoms with Crippen molar-refractivity contribution in [3.8, 4) is 0 Å². The van der Waals surface area contributed by atoms with Gasteiger partial charge in [0.05, 0.1) is 15.1 Å². The summed E-state index contributed by atoms with van der Waals surface area (Å²) >= 11 is 7.84. The van der Waals surface area contributed by atoms with Gasteiger partial charge in [-0.05, 0) is 15.9 Å². The van der Waals surface area contributed by atoms with Crippen molar-refractivity contribution in [3.05, 3.63) is 26.9 Å². The molecule has 0 radical (unpaired) electrons. The third-order valence-corrected chi connectivity index (χ3v) is 2.92. The van der Waals surface area contributed by atoms with Gasteiger partial charge in [-0.2, -0.15) is 13.2 Å². The molecule has 0 saturated heterocycles. The minimum absolute atomic E-state index is 0.286. The summed E-state index contributed by atoms with van der Waals surface area (Å²) in [5.74, 6) is 0. The fourth-order valence-corrected chi connectivity index (χ4v) is 1.57. The summed E-state index contributed by atoms with van der Waals surface area (Å²) in [5.41, 5.74) is -2.06. The molecule has 84 valence electrons. The van der Waals surface area contributed by atoms with Crippen molar-refractivity contribution >= 4 is 27.5 Å². The Morgan fingerprint density at radius 2 is 1.87 bits per heavy atom. The maximum Gasteiger partial charge on any atom is 0.419 e. The summed E-state index contributed by atoms with van der Waals surface area (Å²) in [7, 11) is 0. The standard InChI is InChI=1S/C7H2BrClF5N/c8-3-4(9)2(7(12,13)14)1-15-5(3)6(10)11/h1,6H. The topological polar surface area (TPSA) is 12.9 Å². The average molecular weight is 310 g/mol. The van der Waals surface area contributed by atoms with Crippen LogP contribution in [0.1, 0.15) is 17.7 Å². The highest BCUT2D eigenvalue weighted by Gasteiger charge is 2.35. The van der Waals surface area contributed by atoms with Crippen LogP contribution in [-0.2, 0) is 6.18 Å². The molecule has 0 bridgehead atoms. The van der Waals surface area contributed by atoms with Crippen LogP contribution in [0.5, 0.6) is 0 Å². The first kappa shape index (κ1) is 12.6. The van der Waals surface area contributed by atoms with Gasteiger partial charge in [-0.25, -0.2) is 8.78 Å². The lowest BCUT2D eigenvalue weighted by Crippen LogP contribution is -2.08. The summed E-state index contributed by atoms with van der Waals surface area (Å²) in [6, 6.07) is 0. The number of alkyl halides is 5. The van der Waals surface area contributed by atoms with E-state index in [1.54, 1.807) is 0 Å². The number of aromatic nitrogens is 1. The van der Waals surface area contributed by atoms with E-state index in [9.17, 15) is 22.0 Å². The molecule has 1 rings (SSSR count). The molecule has 15 heavy (non-hydrogen) atoms. The molecule has 0 atom stereocenters. The molecule has 0 aliphatic rings. The molecule has 0 saturated carbocycles. The number of pyridine rings is 1. The molecule has 0 N–H and O–H groups in total. The minimum Gasteiger partial charge on any atom is -0.253 e. The summed E-state index contributed by atoms with van der Waals surface area (Å²) in [5, 5.41) is -0.812. The Hall–Kier alpha value is -0.430. The van der Waals surface area contributed by atoms with Gasteiger partial charge >= 0.3 is 6.18 Å². The molecule has 0 spiro atoms. The van der Waals surface area contributed by atoms with Crippen molar-refractivity contribution in [2.45, 2.75) is 12.6 Å². The third kappa shape index (κ3) is 2.57. The quantitative estimate of drug-likeness (QED) is 0.698. The molecule has 1 heterocycles. The Bertz CT molecular complexity index is 378. The first-order valence-corrected chi connectivity index (χ1v) is 4.61. The lowest BCUT2D eigenvalue weighted by molar-refractivity contribution is -0.137. The zero-order valence-electron chi connectivity index (χ0n) is 6.75. The van der Waals surface area contributed by atoms with E-state index in [2.05, 4.69) is 20.9 Å². The molecule has 0 unspecified atom stereocenters. The molecule has 8 heteroatoms. The summed E-state index contributed by atoms with van der Waals surface area (Å²) in [6.07, 6.45) is -7.42. The van der Waals surface area contributed by atoms with E-state index in [-0.39, 0.29) is 6.20 Å². The van der Waals surface area contributed by atoms with Crippen molar-refractivity contribution in [2.24, 2.45) is 0 Å². The van der Waals surface area contributed by atoms with E-state index in [1.807, 2.05) is 0 Å². The van der Waals surface area contributed by atoms with Crippen LogP contribution < -0.4 is 0 Å². The molecular weight excluding hydrogens is 308 g/mol. The number of rotatable bonds is 1. The van der Waals surface area contributed by atoms with Crippen LogP contribution in [0.25, 0.3) is 0 Å². The normalized spacial score (nSPS) is 12.3. The first-order valence-electron chi connectivity index (χ1n) is 3.44. The Balaban J connectivity index is 3.34. The van der Waals surface area contributed by atoms with E-state index in [4.69, 9.17) is 11.6 Å². The van der Waals surface area contributed by atoms with Crippen LogP contribution >= 0.6 is 27.5 Å². The van der Waals surface area contributed by atoms with Gasteiger partial charge < -0.3 is 0 Å². The monoisotopic (exact) mass is 309 g/mol. The average Bonchev–Trinajstić information content (AvgIpc) is 2.06. The Labute approximate surface area is 94.4 Å². The van der Waals surface area contributed by atoms with Gasteiger partial charge in [0.2, 0.25) is 0 Å². The van der Waals surface area contributed by atoms with Crippen molar-refractivity contribution < 1.29 is 22.0 Å². The maximum atomic E-state index is 12.2. The van der Waals surface area contributed by atoms with E-state index >= 15 is 0 Å². The predicted octanol–water partition coefficient (Wildman–Crippen LogP) is 4.45. The van der Waals surface area contributed by atoms with Gasteiger partial charge in [-0.3, -0.25) is 4.98 Å². The van der Waals surface area contributed by atoms with Crippen molar-refractivity contribution in [2.75, 3.05) is 0 Å². The predicted molar refractivity (Wildman–Crippen MR) is 46.9 cm³/mol. The number of halogens is 7. The molecule has 1 aromatic rings. The second-order valence-corrected chi connectivity index (χ2v) is 3.65. The van der Waals surface area contributed by atoms with Crippen LogP contribution in [0.2, 0.25) is 5.02 Å². The summed E-state index contributed by atoms with van der Waals surface area (Å²) < 4.78 is 60.6. The number of hydrogen-bond acceptors (Lipinski definition) is 1. The zero-order chi connectivity index (χ0) is 11.8. The highest BCUT2D eigenvalue weighted by atomic mass is 79.9. The highest BCUT2D eigenvalue weighted by molar-refractivity contribution is 9.10. The van der Waals surface area contributed by atoms with Gasteiger partial charge in [0.15, 0.2) is 0 Å². The lowest BCUT2D eigenvalue weighted by atomic mass is 10.2. The first-order chi connectivity index (χ1) is 6.75. The molecule has 1 aromatic heterocycles. The minimum atomic E-state index is -4.72. The molecule has 0 aliphatic carbocycles. The largest absolute Gasteiger partial charge is 0.419 e. The van der Waals surface area contributed by atoms with Crippen LogP contribution in [-0.4, -0.2) is 4.98 Å². The van der Waals surface area contributed by atoms with Gasteiger partial charge in [0.1, 0.15) is 5.69 Å². The second kappa shape index (κ2) is 4.21. The molecule has 0 fully saturated rings. The Morgan fingerprint density at radius 3 is 2.27 bits per heavy atom. The Morgan fingerprint density at radius 1 is 1.33 bits per heavy atom. The van der Waals surface area contributed by atoms with E-state index < -0.39 is 33.4 Å². The molecular formula is C7H2BrClF5N. The van der Waals surface area contributed by atoms with E-state index in [0.29, 0.717) is 0 Å². The lowest BCUT2D eigenvalue weighted by Gasteiger charge is -2.11. The second-order valence-electron chi connectivity index (χ2n) is 2.48. The maximum absolute atomic E-state index is 12.2. The number of nitrogens with zero attached hydrogens (tertiary/aromatic N) is 1. The molecule has 1 nitrogen and oxygen atoms in total. The number of hydrogen-bond donors (Lipinski definition) is 0. The van der Waals surface area contributed by atoms with E-state index in [0.717, 1.165) is 0 Å². The Kier molecular flexibility index (Phi) is 3.55. The van der Waals surface area contributed by atoms with Crippen LogP contribution in [0.3, 0.4) is 0 Å². The van der Waals surface area contributed by atoms with E-state index in [1.165, 1.54) is 0 Å². The fourth-order valence-electron chi connectivity index (χ4n) is 0.828. The van der Waals surface area contributed by atoms with Crippen LogP contribution in [0.15, 0.2) is 10.7 Å². The van der Waals surface area contributed by atoms with Crippen molar-refractivity contribution in [3.63, 3.8) is 0 Å². The van der Waals surface area contributed by atoms with Crippen LogP contribution in [0, 0.1) is 0 Å². The van der Waals surface area contributed by atoms with Crippen LogP contribution in [0.4, 0.5) is 22.0 Å². The van der Waals surface area contributed by atoms with Crippen molar-refractivity contribution in [1.82, 2.24) is 4.98 Å². The third-order valence-electron chi connectivity index (χ3n) is 1.50.